The monoisotopic (exact) mass is 218 g/mol. The molecule has 0 aromatic carbocycles. The van der Waals surface area contributed by atoms with E-state index in [4.69, 9.17) is 0 Å². The van der Waals surface area contributed by atoms with Crippen molar-refractivity contribution >= 4 is 11.3 Å². The maximum Gasteiger partial charge on any atom is 1.00 e. The van der Waals surface area contributed by atoms with Crippen molar-refractivity contribution in [2.45, 2.75) is 6.23 Å². The first-order valence-corrected chi connectivity index (χ1v) is 5.77. The van der Waals surface area contributed by atoms with Gasteiger partial charge in [-0.05, 0) is 24.7 Å². The van der Waals surface area contributed by atoms with Crippen molar-refractivity contribution in [3.63, 3.8) is 0 Å². The van der Waals surface area contributed by atoms with E-state index in [1.165, 1.54) is 0 Å². The van der Waals surface area contributed by atoms with Gasteiger partial charge in [0.25, 0.3) is 0 Å². The molecule has 0 aliphatic carbocycles. The molecule has 1 aliphatic rings. The zero-order valence-corrected chi connectivity index (χ0v) is 10.2. The molecule has 2 rings (SSSR count). The SMILES string of the molecule is CN1CCN(C([O-])c2cccs2)CC1.[Li+]. The van der Waals surface area contributed by atoms with E-state index < -0.39 is 6.23 Å². The average Bonchev–Trinajstić information content (AvgIpc) is 2.71. The van der Waals surface area contributed by atoms with Gasteiger partial charge in [-0.25, -0.2) is 0 Å². The van der Waals surface area contributed by atoms with Crippen LogP contribution in [0.1, 0.15) is 11.1 Å². The van der Waals surface area contributed by atoms with Gasteiger partial charge in [-0.15, -0.1) is 11.3 Å². The van der Waals surface area contributed by atoms with Crippen molar-refractivity contribution in [2.75, 3.05) is 33.2 Å². The van der Waals surface area contributed by atoms with Gasteiger partial charge < -0.3 is 14.9 Å². The minimum atomic E-state index is -0.649. The van der Waals surface area contributed by atoms with Crippen molar-refractivity contribution < 1.29 is 24.0 Å². The first-order valence-electron chi connectivity index (χ1n) is 4.89. The number of hydrogen-bond donors (Lipinski definition) is 0. The Bertz CT molecular complexity index is 273. The molecule has 78 valence electrons. The first kappa shape index (κ1) is 13.2. The van der Waals surface area contributed by atoms with Crippen molar-refractivity contribution in [3.05, 3.63) is 22.4 Å². The molecule has 1 saturated heterocycles. The quantitative estimate of drug-likeness (QED) is 0.508. The molecule has 15 heavy (non-hydrogen) atoms. The van der Waals surface area contributed by atoms with Gasteiger partial charge in [-0.3, -0.25) is 0 Å². The predicted octanol–water partition coefficient (Wildman–Crippen LogP) is -2.64. The third kappa shape index (κ3) is 3.32. The second-order valence-electron chi connectivity index (χ2n) is 3.71. The topological polar surface area (TPSA) is 29.5 Å². The molecule has 1 atom stereocenters. The Labute approximate surface area is 107 Å². The Hall–Kier alpha value is 0.177. The zero-order valence-electron chi connectivity index (χ0n) is 9.35. The summed E-state index contributed by atoms with van der Waals surface area (Å²) < 4.78 is 0. The van der Waals surface area contributed by atoms with Crippen LogP contribution in [0.25, 0.3) is 0 Å². The summed E-state index contributed by atoms with van der Waals surface area (Å²) in [6.07, 6.45) is -0.649. The Morgan fingerprint density at radius 1 is 1.33 bits per heavy atom. The van der Waals surface area contributed by atoms with Crippen LogP contribution in [0.2, 0.25) is 0 Å². The van der Waals surface area contributed by atoms with Gasteiger partial charge >= 0.3 is 18.9 Å². The van der Waals surface area contributed by atoms with E-state index in [1.54, 1.807) is 11.3 Å². The minimum Gasteiger partial charge on any atom is -0.836 e. The van der Waals surface area contributed by atoms with E-state index in [1.807, 2.05) is 22.4 Å². The molecular weight excluding hydrogens is 203 g/mol. The number of thiophene rings is 1. The minimum absolute atomic E-state index is 0. The second kappa shape index (κ2) is 6.05. The largest absolute Gasteiger partial charge is 1.00 e. The Morgan fingerprint density at radius 3 is 2.53 bits per heavy atom. The molecule has 0 N–H and O–H groups in total. The summed E-state index contributed by atoms with van der Waals surface area (Å²) in [5.41, 5.74) is 0. The van der Waals surface area contributed by atoms with E-state index in [2.05, 4.69) is 11.9 Å². The van der Waals surface area contributed by atoms with Crippen LogP contribution < -0.4 is 24.0 Å². The second-order valence-corrected chi connectivity index (χ2v) is 4.69. The summed E-state index contributed by atoms with van der Waals surface area (Å²) in [5, 5.41) is 13.9. The summed E-state index contributed by atoms with van der Waals surface area (Å²) in [6.45, 7) is 3.79. The van der Waals surface area contributed by atoms with Crippen molar-refractivity contribution in [1.29, 1.82) is 0 Å². The van der Waals surface area contributed by atoms with Crippen LogP contribution in [0.15, 0.2) is 17.5 Å². The normalized spacial score (nSPS) is 20.9. The van der Waals surface area contributed by atoms with Crippen molar-refractivity contribution in [1.82, 2.24) is 9.80 Å². The molecule has 0 spiro atoms. The standard InChI is InChI=1S/C10H15N2OS.Li/c1-11-4-6-12(7-5-11)10(13)9-3-2-8-14-9;/h2-3,8,10H,4-7H2,1H3;/q-1;+1. The number of rotatable bonds is 2. The summed E-state index contributed by atoms with van der Waals surface area (Å²) in [4.78, 5) is 5.22. The maximum atomic E-state index is 12.0. The molecule has 1 aromatic heterocycles. The smallest absolute Gasteiger partial charge is 0.836 e. The molecule has 5 heteroatoms. The van der Waals surface area contributed by atoms with Crippen LogP contribution in [0.5, 0.6) is 0 Å². The fourth-order valence-electron chi connectivity index (χ4n) is 1.67. The molecule has 2 heterocycles. The molecule has 0 radical (unpaired) electrons. The van der Waals surface area contributed by atoms with Crippen LogP contribution in [0, 0.1) is 0 Å². The molecule has 1 unspecified atom stereocenters. The van der Waals surface area contributed by atoms with Gasteiger partial charge in [0.2, 0.25) is 0 Å². The zero-order chi connectivity index (χ0) is 9.97. The van der Waals surface area contributed by atoms with Gasteiger partial charge in [-0.2, -0.15) is 0 Å². The molecule has 1 aliphatic heterocycles. The van der Waals surface area contributed by atoms with Gasteiger partial charge in [-0.1, -0.05) is 6.07 Å². The number of hydrogen-bond acceptors (Lipinski definition) is 4. The maximum absolute atomic E-state index is 12.0. The number of piperazine rings is 1. The third-order valence-electron chi connectivity index (χ3n) is 2.66. The third-order valence-corrected chi connectivity index (χ3v) is 3.56. The Balaban J connectivity index is 0.00000112. The fraction of sp³-hybridized carbons (Fsp3) is 0.600. The van der Waals surface area contributed by atoms with Crippen LogP contribution in [-0.2, 0) is 0 Å². The molecule has 3 nitrogen and oxygen atoms in total. The first-order chi connectivity index (χ1) is 6.77. The van der Waals surface area contributed by atoms with Crippen molar-refractivity contribution in [2.24, 2.45) is 0 Å². The summed E-state index contributed by atoms with van der Waals surface area (Å²) >= 11 is 1.56. The molecule has 0 saturated carbocycles. The van der Waals surface area contributed by atoms with Gasteiger partial charge in [0.1, 0.15) is 0 Å². The van der Waals surface area contributed by atoms with Gasteiger partial charge in [0, 0.05) is 31.1 Å². The van der Waals surface area contributed by atoms with Crippen LogP contribution in [0.3, 0.4) is 0 Å². The van der Waals surface area contributed by atoms with Crippen LogP contribution >= 0.6 is 11.3 Å². The Morgan fingerprint density at radius 2 is 2.00 bits per heavy atom. The van der Waals surface area contributed by atoms with Crippen LogP contribution in [-0.4, -0.2) is 43.0 Å². The Kier molecular flexibility index (Phi) is 5.34. The predicted molar refractivity (Wildman–Crippen MR) is 56.1 cm³/mol. The van der Waals surface area contributed by atoms with E-state index in [9.17, 15) is 5.11 Å². The summed E-state index contributed by atoms with van der Waals surface area (Å²) in [5.74, 6) is 0. The van der Waals surface area contributed by atoms with E-state index in [0.717, 1.165) is 31.1 Å². The van der Waals surface area contributed by atoms with Gasteiger partial charge in [0.15, 0.2) is 0 Å². The molecule has 0 amide bonds. The summed E-state index contributed by atoms with van der Waals surface area (Å²) in [7, 11) is 2.10. The molecule has 1 aromatic rings. The van der Waals surface area contributed by atoms with E-state index in [0.29, 0.717) is 0 Å². The summed E-state index contributed by atoms with van der Waals surface area (Å²) in [6, 6.07) is 3.88. The fourth-order valence-corrected chi connectivity index (χ4v) is 2.41. The molecular formula is C10H15LiN2OS. The van der Waals surface area contributed by atoms with Crippen LogP contribution in [0.4, 0.5) is 0 Å². The van der Waals surface area contributed by atoms with E-state index in [-0.39, 0.29) is 18.9 Å². The van der Waals surface area contributed by atoms with Gasteiger partial charge in [0.05, 0.1) is 0 Å². The van der Waals surface area contributed by atoms with Crippen molar-refractivity contribution in [3.8, 4) is 0 Å². The number of nitrogens with zero attached hydrogens (tertiary/aromatic N) is 2. The molecule has 1 fully saturated rings. The number of likely N-dealkylation sites (N-methyl/N-ethyl adjacent to an activating group) is 1. The molecule has 0 bridgehead atoms. The average molecular weight is 218 g/mol. The van der Waals surface area contributed by atoms with E-state index >= 15 is 0 Å².